The summed E-state index contributed by atoms with van der Waals surface area (Å²) in [5.41, 5.74) is 5.80. The predicted molar refractivity (Wildman–Crippen MR) is 80.2 cm³/mol. The summed E-state index contributed by atoms with van der Waals surface area (Å²) in [6, 6.07) is 1.76. The van der Waals surface area contributed by atoms with Crippen LogP contribution in [0.15, 0.2) is 0 Å². The van der Waals surface area contributed by atoms with Crippen LogP contribution in [0.3, 0.4) is 0 Å². The minimum Gasteiger partial charge on any atom is -0.353 e. The Morgan fingerprint density at radius 3 is 2.45 bits per heavy atom. The van der Waals surface area contributed by atoms with E-state index >= 15 is 0 Å². The number of amides is 1. The maximum absolute atomic E-state index is 12.5. The van der Waals surface area contributed by atoms with Gasteiger partial charge in [0.15, 0.2) is 0 Å². The van der Waals surface area contributed by atoms with Crippen LogP contribution in [-0.4, -0.2) is 42.5 Å². The lowest BCUT2D eigenvalue weighted by Gasteiger charge is -2.47. The van der Waals surface area contributed by atoms with Crippen molar-refractivity contribution in [1.29, 1.82) is 0 Å². The molecule has 1 aliphatic carbocycles. The third kappa shape index (κ3) is 2.73. The van der Waals surface area contributed by atoms with Crippen molar-refractivity contribution in [2.24, 2.45) is 17.6 Å². The third-order valence-electron chi connectivity index (χ3n) is 5.98. The van der Waals surface area contributed by atoms with Crippen molar-refractivity contribution in [2.75, 3.05) is 13.6 Å². The minimum atomic E-state index is 0.180. The van der Waals surface area contributed by atoms with Crippen molar-refractivity contribution in [1.82, 2.24) is 10.2 Å². The predicted octanol–water partition coefficient (Wildman–Crippen LogP) is 1.49. The van der Waals surface area contributed by atoms with Gasteiger partial charge in [-0.1, -0.05) is 12.8 Å². The third-order valence-corrected chi connectivity index (χ3v) is 5.98. The van der Waals surface area contributed by atoms with Crippen LogP contribution in [0.1, 0.15) is 51.4 Å². The number of carbonyl (C=O) groups is 1. The smallest absolute Gasteiger partial charge is 0.223 e. The van der Waals surface area contributed by atoms with Crippen LogP contribution >= 0.6 is 0 Å². The van der Waals surface area contributed by atoms with Crippen molar-refractivity contribution in [3.8, 4) is 0 Å². The maximum Gasteiger partial charge on any atom is 0.223 e. The van der Waals surface area contributed by atoms with Gasteiger partial charge in [-0.05, 0) is 58.0 Å². The highest BCUT2D eigenvalue weighted by Gasteiger charge is 2.38. The molecule has 2 heterocycles. The first kappa shape index (κ1) is 14.3. The molecule has 114 valence electrons. The lowest BCUT2D eigenvalue weighted by molar-refractivity contribution is -0.127. The van der Waals surface area contributed by atoms with Crippen molar-refractivity contribution < 1.29 is 4.79 Å². The van der Waals surface area contributed by atoms with Crippen LogP contribution in [0.2, 0.25) is 0 Å². The Bertz CT molecular complexity index is 346. The van der Waals surface area contributed by atoms with E-state index in [1.165, 1.54) is 25.7 Å². The van der Waals surface area contributed by atoms with E-state index in [1.54, 1.807) is 0 Å². The van der Waals surface area contributed by atoms with E-state index in [-0.39, 0.29) is 11.8 Å². The zero-order valence-corrected chi connectivity index (χ0v) is 12.7. The van der Waals surface area contributed by atoms with Crippen LogP contribution in [0.4, 0.5) is 0 Å². The standard InChI is InChI=1S/C16H29N3O/c1-19-13-5-3-6-14(19)9-12(8-13)18-16(20)15-7-2-4-11(15)10-17/h11-15H,2-10,17H2,1H3,(H,18,20)/t11-,12?,13?,14?,15-/m1/s1. The number of nitrogens with one attached hydrogen (secondary N) is 1. The summed E-state index contributed by atoms with van der Waals surface area (Å²) in [4.78, 5) is 15.0. The molecule has 0 aromatic carbocycles. The second-order valence-electron chi connectivity index (χ2n) is 7.11. The second-order valence-corrected chi connectivity index (χ2v) is 7.11. The van der Waals surface area contributed by atoms with Gasteiger partial charge in [-0.25, -0.2) is 0 Å². The molecule has 1 saturated carbocycles. The zero-order chi connectivity index (χ0) is 14.1. The van der Waals surface area contributed by atoms with Crippen LogP contribution in [-0.2, 0) is 4.79 Å². The molecule has 4 heteroatoms. The number of hydrogen-bond donors (Lipinski definition) is 2. The number of fused-ring (bicyclic) bond motifs is 2. The van der Waals surface area contributed by atoms with E-state index in [1.807, 2.05) is 0 Å². The molecule has 2 bridgehead atoms. The fourth-order valence-electron chi connectivity index (χ4n) is 4.71. The fourth-order valence-corrected chi connectivity index (χ4v) is 4.71. The highest BCUT2D eigenvalue weighted by atomic mass is 16.2. The van der Waals surface area contributed by atoms with Crippen LogP contribution in [0.5, 0.6) is 0 Å². The first-order valence-corrected chi connectivity index (χ1v) is 8.41. The molecule has 2 unspecified atom stereocenters. The Balaban J connectivity index is 1.57. The highest BCUT2D eigenvalue weighted by molar-refractivity contribution is 5.79. The number of carbonyl (C=O) groups excluding carboxylic acids is 1. The molecule has 2 aliphatic heterocycles. The fraction of sp³-hybridized carbons (Fsp3) is 0.938. The molecule has 3 fully saturated rings. The van der Waals surface area contributed by atoms with E-state index < -0.39 is 0 Å². The van der Waals surface area contributed by atoms with E-state index in [9.17, 15) is 4.79 Å². The van der Waals surface area contributed by atoms with E-state index in [2.05, 4.69) is 17.3 Å². The van der Waals surface area contributed by atoms with Gasteiger partial charge < -0.3 is 16.0 Å². The van der Waals surface area contributed by atoms with E-state index in [0.717, 1.165) is 25.7 Å². The van der Waals surface area contributed by atoms with E-state index in [0.29, 0.717) is 30.6 Å². The first-order valence-electron chi connectivity index (χ1n) is 8.41. The summed E-state index contributed by atoms with van der Waals surface area (Å²) in [6.07, 6.45) is 9.57. The monoisotopic (exact) mass is 279 g/mol. The van der Waals surface area contributed by atoms with Gasteiger partial charge in [-0.2, -0.15) is 0 Å². The topological polar surface area (TPSA) is 58.4 Å². The van der Waals surface area contributed by atoms with Gasteiger partial charge in [-0.3, -0.25) is 4.79 Å². The molecular formula is C16H29N3O. The molecule has 2 saturated heterocycles. The Labute approximate surface area is 122 Å². The maximum atomic E-state index is 12.5. The molecule has 0 aromatic heterocycles. The molecule has 3 N–H and O–H groups in total. The van der Waals surface area contributed by atoms with Crippen LogP contribution < -0.4 is 11.1 Å². The van der Waals surface area contributed by atoms with Crippen molar-refractivity contribution in [2.45, 2.75) is 69.5 Å². The molecule has 0 radical (unpaired) electrons. The van der Waals surface area contributed by atoms with Gasteiger partial charge in [-0.15, -0.1) is 0 Å². The summed E-state index contributed by atoms with van der Waals surface area (Å²) in [5.74, 6) is 0.880. The molecule has 20 heavy (non-hydrogen) atoms. The largest absolute Gasteiger partial charge is 0.353 e. The SMILES string of the molecule is CN1C2CCCC1CC(NC(=O)[C@@H]1CCC[C@@H]1CN)C2. The number of hydrogen-bond acceptors (Lipinski definition) is 3. The average Bonchev–Trinajstić information content (AvgIpc) is 2.88. The molecular weight excluding hydrogens is 250 g/mol. The Kier molecular flexibility index (Phi) is 4.32. The van der Waals surface area contributed by atoms with Gasteiger partial charge in [0.2, 0.25) is 5.91 Å². The first-order chi connectivity index (χ1) is 9.69. The van der Waals surface area contributed by atoms with Crippen LogP contribution in [0, 0.1) is 11.8 Å². The van der Waals surface area contributed by atoms with Crippen molar-refractivity contribution in [3.63, 3.8) is 0 Å². The van der Waals surface area contributed by atoms with Crippen LogP contribution in [0.25, 0.3) is 0 Å². The lowest BCUT2D eigenvalue weighted by Crippen LogP contribution is -2.56. The summed E-state index contributed by atoms with van der Waals surface area (Å²) < 4.78 is 0. The zero-order valence-electron chi connectivity index (χ0n) is 12.7. The van der Waals surface area contributed by atoms with Crippen molar-refractivity contribution >= 4 is 5.91 Å². The highest BCUT2D eigenvalue weighted by Crippen LogP contribution is 2.34. The summed E-state index contributed by atoms with van der Waals surface area (Å²) >= 11 is 0. The molecule has 4 nitrogen and oxygen atoms in total. The summed E-state index contributed by atoms with van der Waals surface area (Å²) in [7, 11) is 2.26. The van der Waals surface area contributed by atoms with Gasteiger partial charge in [0.1, 0.15) is 0 Å². The number of nitrogens with two attached hydrogens (primary N) is 1. The van der Waals surface area contributed by atoms with Crippen molar-refractivity contribution in [3.05, 3.63) is 0 Å². The number of rotatable bonds is 3. The average molecular weight is 279 g/mol. The molecule has 0 aromatic rings. The Morgan fingerprint density at radius 1 is 1.15 bits per heavy atom. The summed E-state index contributed by atoms with van der Waals surface area (Å²) in [5, 5.41) is 3.35. The minimum absolute atomic E-state index is 0.180. The lowest BCUT2D eigenvalue weighted by atomic mass is 9.82. The van der Waals surface area contributed by atoms with E-state index in [4.69, 9.17) is 5.73 Å². The number of nitrogens with zero attached hydrogens (tertiary/aromatic N) is 1. The van der Waals surface area contributed by atoms with Gasteiger partial charge in [0.25, 0.3) is 0 Å². The molecule has 4 atom stereocenters. The van der Waals surface area contributed by atoms with Gasteiger partial charge >= 0.3 is 0 Å². The second kappa shape index (κ2) is 6.02. The summed E-state index contributed by atoms with van der Waals surface area (Å²) in [6.45, 7) is 0.663. The Morgan fingerprint density at radius 2 is 1.80 bits per heavy atom. The van der Waals surface area contributed by atoms with Gasteiger partial charge in [0, 0.05) is 24.0 Å². The van der Waals surface area contributed by atoms with Gasteiger partial charge in [0.05, 0.1) is 0 Å². The molecule has 3 aliphatic rings. The normalized spacial score (nSPS) is 41.6. The Hall–Kier alpha value is -0.610. The molecule has 3 rings (SSSR count). The quantitative estimate of drug-likeness (QED) is 0.823. The molecule has 1 amide bonds. The molecule has 0 spiro atoms. The number of piperidine rings is 2.